The lowest BCUT2D eigenvalue weighted by molar-refractivity contribution is -0.136. The summed E-state index contributed by atoms with van der Waals surface area (Å²) in [6.45, 7) is 2.20. The maximum atomic E-state index is 13.7. The molecule has 7 heteroatoms. The van der Waals surface area contributed by atoms with E-state index >= 15 is 0 Å². The Morgan fingerprint density at radius 1 is 0.912 bits per heavy atom. The number of anilines is 1. The fourth-order valence-corrected chi connectivity index (χ4v) is 4.59. The smallest absolute Gasteiger partial charge is 0.318 e. The van der Waals surface area contributed by atoms with Gasteiger partial charge in [0.15, 0.2) is 0 Å². The molecule has 2 amide bonds. The number of urea groups is 1. The van der Waals surface area contributed by atoms with Gasteiger partial charge in [0.05, 0.1) is 23.5 Å². The number of carbonyl (C=O) groups excluding carboxylic acids is 1. The van der Waals surface area contributed by atoms with E-state index in [4.69, 9.17) is 0 Å². The summed E-state index contributed by atoms with van der Waals surface area (Å²) in [4.78, 5) is 15.3. The molecule has 2 heterocycles. The minimum absolute atomic E-state index is 0.233. The molecule has 34 heavy (non-hydrogen) atoms. The molecule has 1 aliphatic heterocycles. The molecule has 1 aliphatic rings. The highest BCUT2D eigenvalue weighted by molar-refractivity contribution is 5.91. The number of para-hydroxylation sites is 2. The Labute approximate surface area is 195 Å². The number of fused-ring (bicyclic) bond motifs is 3. The first-order valence-electron chi connectivity index (χ1n) is 10.9. The molecule has 5 rings (SSSR count). The molecule has 4 nitrogen and oxygen atoms in total. The summed E-state index contributed by atoms with van der Waals surface area (Å²) in [7, 11) is 0. The number of nitrogens with zero attached hydrogens (tertiary/aromatic N) is 2. The van der Waals surface area contributed by atoms with E-state index in [0.29, 0.717) is 0 Å². The van der Waals surface area contributed by atoms with Crippen LogP contribution in [-0.4, -0.2) is 15.5 Å². The SMILES string of the molecule is Cc1ccccc1[C@H]1c2cccn2-c2ccccc2CN1C(=O)Nc1ccccc1C(F)(F)F. The second-order valence-electron chi connectivity index (χ2n) is 8.29. The summed E-state index contributed by atoms with van der Waals surface area (Å²) in [5, 5.41) is 2.55. The molecule has 1 aromatic heterocycles. The summed E-state index contributed by atoms with van der Waals surface area (Å²) in [6.07, 6.45) is -2.64. The van der Waals surface area contributed by atoms with Crippen LogP contribution in [0.4, 0.5) is 23.7 Å². The molecule has 0 fully saturated rings. The predicted octanol–water partition coefficient (Wildman–Crippen LogP) is 6.94. The Kier molecular flexibility index (Phi) is 5.40. The summed E-state index contributed by atoms with van der Waals surface area (Å²) in [5.74, 6) is 0. The average Bonchev–Trinajstić information content (AvgIpc) is 3.24. The molecular formula is C27H22F3N3O. The molecule has 0 radical (unpaired) electrons. The Morgan fingerprint density at radius 3 is 2.41 bits per heavy atom. The maximum absolute atomic E-state index is 13.7. The van der Waals surface area contributed by atoms with E-state index in [9.17, 15) is 18.0 Å². The number of aryl methyl sites for hydroxylation is 1. The molecule has 0 bridgehead atoms. The van der Waals surface area contributed by atoms with Gasteiger partial charge in [-0.25, -0.2) is 4.79 Å². The van der Waals surface area contributed by atoms with Crippen molar-refractivity contribution in [1.82, 2.24) is 9.47 Å². The second kappa shape index (κ2) is 8.41. The van der Waals surface area contributed by atoms with Crippen molar-refractivity contribution < 1.29 is 18.0 Å². The van der Waals surface area contributed by atoms with E-state index in [1.54, 1.807) is 4.90 Å². The predicted molar refractivity (Wildman–Crippen MR) is 125 cm³/mol. The maximum Gasteiger partial charge on any atom is 0.418 e. The molecule has 0 unspecified atom stereocenters. The summed E-state index contributed by atoms with van der Waals surface area (Å²) < 4.78 is 42.8. The van der Waals surface area contributed by atoms with Crippen molar-refractivity contribution in [1.29, 1.82) is 0 Å². The van der Waals surface area contributed by atoms with Crippen LogP contribution in [0.15, 0.2) is 91.1 Å². The Balaban J connectivity index is 1.64. The van der Waals surface area contributed by atoms with E-state index < -0.39 is 23.8 Å². The lowest BCUT2D eigenvalue weighted by Crippen LogP contribution is -2.38. The van der Waals surface area contributed by atoms with E-state index in [1.165, 1.54) is 18.2 Å². The first-order valence-corrected chi connectivity index (χ1v) is 10.9. The highest BCUT2D eigenvalue weighted by atomic mass is 19.4. The molecule has 172 valence electrons. The normalized spacial score (nSPS) is 15.3. The molecule has 4 aromatic rings. The van der Waals surface area contributed by atoms with Gasteiger partial charge in [0, 0.05) is 11.9 Å². The van der Waals surface area contributed by atoms with Crippen LogP contribution in [0.3, 0.4) is 0 Å². The lowest BCUT2D eigenvalue weighted by Gasteiger charge is -2.32. The van der Waals surface area contributed by atoms with Crippen LogP contribution < -0.4 is 5.32 Å². The molecule has 0 saturated carbocycles. The highest BCUT2D eigenvalue weighted by Gasteiger charge is 2.36. The van der Waals surface area contributed by atoms with Gasteiger partial charge >= 0.3 is 12.2 Å². The van der Waals surface area contributed by atoms with Gasteiger partial charge in [0.1, 0.15) is 6.04 Å². The molecule has 0 aliphatic carbocycles. The van der Waals surface area contributed by atoms with E-state index in [1.807, 2.05) is 78.4 Å². The largest absolute Gasteiger partial charge is 0.418 e. The van der Waals surface area contributed by atoms with Crippen LogP contribution in [0.2, 0.25) is 0 Å². The summed E-state index contributed by atoms with van der Waals surface area (Å²) in [5.41, 5.74) is 3.45. The number of aromatic nitrogens is 1. The zero-order valence-electron chi connectivity index (χ0n) is 18.4. The van der Waals surface area contributed by atoms with Crippen molar-refractivity contribution in [3.05, 3.63) is 119 Å². The van der Waals surface area contributed by atoms with Gasteiger partial charge in [-0.15, -0.1) is 0 Å². The van der Waals surface area contributed by atoms with Crippen molar-refractivity contribution >= 4 is 11.7 Å². The van der Waals surface area contributed by atoms with Gasteiger partial charge in [0.2, 0.25) is 0 Å². The average molecular weight is 461 g/mol. The van der Waals surface area contributed by atoms with E-state index in [0.717, 1.165) is 34.1 Å². The third-order valence-corrected chi connectivity index (χ3v) is 6.18. The number of nitrogens with one attached hydrogen (secondary N) is 1. The monoisotopic (exact) mass is 461 g/mol. The third kappa shape index (κ3) is 3.83. The zero-order valence-corrected chi connectivity index (χ0v) is 18.4. The van der Waals surface area contributed by atoms with Crippen molar-refractivity contribution in [2.75, 3.05) is 5.32 Å². The zero-order chi connectivity index (χ0) is 23.9. The van der Waals surface area contributed by atoms with Crippen LogP contribution >= 0.6 is 0 Å². The van der Waals surface area contributed by atoms with Crippen LogP contribution in [0, 0.1) is 6.92 Å². The lowest BCUT2D eigenvalue weighted by atomic mass is 9.97. The molecule has 1 atom stereocenters. The number of benzene rings is 3. The molecule has 0 spiro atoms. The molecular weight excluding hydrogens is 439 g/mol. The van der Waals surface area contributed by atoms with Gasteiger partial charge in [-0.3, -0.25) is 0 Å². The number of rotatable bonds is 2. The molecule has 0 saturated heterocycles. The van der Waals surface area contributed by atoms with Crippen LogP contribution in [0.25, 0.3) is 5.69 Å². The number of hydrogen-bond donors (Lipinski definition) is 1. The van der Waals surface area contributed by atoms with Crippen LogP contribution in [0.1, 0.15) is 34.0 Å². The minimum atomic E-state index is -4.58. The van der Waals surface area contributed by atoms with Crippen molar-refractivity contribution in [2.45, 2.75) is 25.7 Å². The third-order valence-electron chi connectivity index (χ3n) is 6.18. The van der Waals surface area contributed by atoms with Crippen molar-refractivity contribution in [2.24, 2.45) is 0 Å². The van der Waals surface area contributed by atoms with Gasteiger partial charge in [-0.2, -0.15) is 13.2 Å². The van der Waals surface area contributed by atoms with Gasteiger partial charge in [0.25, 0.3) is 0 Å². The van der Waals surface area contributed by atoms with Crippen LogP contribution in [-0.2, 0) is 12.7 Å². The minimum Gasteiger partial charge on any atom is -0.318 e. The van der Waals surface area contributed by atoms with Gasteiger partial charge in [-0.1, -0.05) is 54.6 Å². The molecule has 1 N–H and O–H groups in total. The number of carbonyl (C=O) groups is 1. The van der Waals surface area contributed by atoms with Crippen LogP contribution in [0.5, 0.6) is 0 Å². The fourth-order valence-electron chi connectivity index (χ4n) is 4.59. The topological polar surface area (TPSA) is 37.3 Å². The summed E-state index contributed by atoms with van der Waals surface area (Å²) >= 11 is 0. The van der Waals surface area contributed by atoms with Gasteiger partial charge < -0.3 is 14.8 Å². The quantitative estimate of drug-likeness (QED) is 0.345. The van der Waals surface area contributed by atoms with Gasteiger partial charge in [-0.05, 0) is 53.9 Å². The number of halogens is 3. The van der Waals surface area contributed by atoms with Crippen molar-refractivity contribution in [3.63, 3.8) is 0 Å². The number of amides is 2. The van der Waals surface area contributed by atoms with E-state index in [2.05, 4.69) is 5.32 Å². The standard InChI is InChI=1S/C27H22F3N3O/c1-18-9-2-4-11-20(18)25-24-15-8-16-32(24)23-14-7-3-10-19(23)17-33(25)26(34)31-22-13-6-5-12-21(22)27(28,29)30/h2-16,25H,17H2,1H3,(H,31,34)/t25-/m0/s1. The Hall–Kier alpha value is -4.00. The first kappa shape index (κ1) is 21.8. The van der Waals surface area contributed by atoms with E-state index in [-0.39, 0.29) is 12.2 Å². The fraction of sp³-hybridized carbons (Fsp3) is 0.148. The number of alkyl halides is 3. The first-order chi connectivity index (χ1) is 16.3. The summed E-state index contributed by atoms with van der Waals surface area (Å²) in [6, 6.07) is 23.3. The highest BCUT2D eigenvalue weighted by Crippen LogP contribution is 2.39. The molecule has 3 aromatic carbocycles. The second-order valence-corrected chi connectivity index (χ2v) is 8.29. The Morgan fingerprint density at radius 2 is 1.62 bits per heavy atom. The van der Waals surface area contributed by atoms with Crippen molar-refractivity contribution in [3.8, 4) is 5.69 Å². The number of hydrogen-bond acceptors (Lipinski definition) is 1. The Bertz CT molecular complexity index is 1360.